The molecule has 82 heavy (non-hydrogen) atoms. The smallest absolute Gasteiger partial charge is 0.220 e. The minimum Gasteiger partial charge on any atom is -0.394 e. The average Bonchev–Trinajstić information content (AvgIpc) is 3.57. The van der Waals surface area contributed by atoms with Crippen molar-refractivity contribution in [3.8, 4) is 0 Å². The summed E-state index contributed by atoms with van der Waals surface area (Å²) in [5.41, 5.74) is 0. The van der Waals surface area contributed by atoms with Gasteiger partial charge in [-0.05, 0) is 44.9 Å². The highest BCUT2D eigenvalue weighted by Crippen LogP contribution is 2.24. The number of rotatable bonds is 65. The lowest BCUT2D eigenvalue weighted by Crippen LogP contribution is -2.60. The summed E-state index contributed by atoms with van der Waals surface area (Å²) in [6.45, 7) is 3.89. The molecule has 1 heterocycles. The number of hydrogen-bond acceptors (Lipinski definition) is 8. The summed E-state index contributed by atoms with van der Waals surface area (Å²) >= 11 is 0. The number of aliphatic hydroxyl groups is 5. The van der Waals surface area contributed by atoms with Gasteiger partial charge >= 0.3 is 0 Å². The molecule has 0 bridgehead atoms. The third-order valence-electron chi connectivity index (χ3n) is 17.8. The van der Waals surface area contributed by atoms with E-state index in [0.717, 1.165) is 44.9 Å². The van der Waals surface area contributed by atoms with E-state index >= 15 is 0 Å². The van der Waals surface area contributed by atoms with E-state index in [1.54, 1.807) is 0 Å². The van der Waals surface area contributed by atoms with Gasteiger partial charge in [0.1, 0.15) is 24.4 Å². The second kappa shape index (κ2) is 62.7. The highest BCUT2D eigenvalue weighted by atomic mass is 16.7. The molecule has 7 unspecified atom stereocenters. The van der Waals surface area contributed by atoms with E-state index in [4.69, 9.17) is 9.47 Å². The molecular weight excluding hydrogens is 1020 g/mol. The summed E-state index contributed by atoms with van der Waals surface area (Å²) in [4.78, 5) is 13.2. The van der Waals surface area contributed by atoms with Crippen LogP contribution < -0.4 is 5.32 Å². The summed E-state index contributed by atoms with van der Waals surface area (Å²) in [5, 5.41) is 55.0. The lowest BCUT2D eigenvalue weighted by molar-refractivity contribution is -0.302. The van der Waals surface area contributed by atoms with Crippen LogP contribution in [0.2, 0.25) is 0 Å². The summed E-state index contributed by atoms with van der Waals surface area (Å²) < 4.78 is 11.4. The van der Waals surface area contributed by atoms with Crippen molar-refractivity contribution in [1.82, 2.24) is 5.32 Å². The highest BCUT2D eigenvalue weighted by molar-refractivity contribution is 5.76. The predicted octanol–water partition coefficient (Wildman–Crippen LogP) is 20.0. The Morgan fingerprint density at radius 3 is 1.05 bits per heavy atom. The van der Waals surface area contributed by atoms with Crippen LogP contribution in [0.1, 0.15) is 380 Å². The first-order valence-electron chi connectivity index (χ1n) is 36.5. The summed E-state index contributed by atoms with van der Waals surface area (Å²) in [6.07, 6.45) is 75.4. The molecule has 1 aliphatic rings. The molecular formula is C73H141NO8. The zero-order valence-corrected chi connectivity index (χ0v) is 54.5. The van der Waals surface area contributed by atoms with Crippen LogP contribution in [0.5, 0.6) is 0 Å². The number of allylic oxidation sites excluding steroid dienone is 4. The first kappa shape index (κ1) is 78.7. The van der Waals surface area contributed by atoms with Gasteiger partial charge in [0.2, 0.25) is 5.91 Å². The minimum atomic E-state index is -1.55. The van der Waals surface area contributed by atoms with Gasteiger partial charge in [0.05, 0.1) is 25.4 Å². The number of unbranched alkanes of at least 4 members (excludes halogenated alkanes) is 51. The molecule has 0 radical (unpaired) electrons. The zero-order valence-electron chi connectivity index (χ0n) is 54.5. The number of carbonyl (C=O) groups excluding carboxylic acids is 1. The van der Waals surface area contributed by atoms with Gasteiger partial charge < -0.3 is 40.3 Å². The molecule has 0 aromatic heterocycles. The van der Waals surface area contributed by atoms with Crippen LogP contribution >= 0.6 is 0 Å². The molecule has 0 spiro atoms. The fraction of sp³-hybridized carbons (Fsp3) is 0.932. The molecule has 0 aromatic carbocycles. The van der Waals surface area contributed by atoms with E-state index in [1.807, 2.05) is 0 Å². The van der Waals surface area contributed by atoms with Crippen LogP contribution in [0.4, 0.5) is 0 Å². The van der Waals surface area contributed by atoms with Crippen LogP contribution in [0.25, 0.3) is 0 Å². The van der Waals surface area contributed by atoms with Crippen molar-refractivity contribution >= 4 is 5.91 Å². The Bertz CT molecular complexity index is 1340. The fourth-order valence-electron chi connectivity index (χ4n) is 12.1. The van der Waals surface area contributed by atoms with Crippen LogP contribution in [0.3, 0.4) is 0 Å². The molecule has 9 nitrogen and oxygen atoms in total. The SMILES string of the molecule is CCCCCCC/C=C\C/C=C\CCCCCCCCCCCCCCCCCCCC(=O)NC(COC1OC(CO)C(O)C(O)C1O)C(O)CCCCCCCCCCCCCCCCCCCCCCCCCCCCCCCC. The number of amides is 1. The van der Waals surface area contributed by atoms with Gasteiger partial charge in [0.15, 0.2) is 6.29 Å². The molecule has 7 atom stereocenters. The molecule has 1 amide bonds. The van der Waals surface area contributed by atoms with Crippen LogP contribution in [0, 0.1) is 0 Å². The molecule has 1 saturated heterocycles. The zero-order chi connectivity index (χ0) is 59.3. The summed E-state index contributed by atoms with van der Waals surface area (Å²) in [7, 11) is 0. The second-order valence-electron chi connectivity index (χ2n) is 25.7. The van der Waals surface area contributed by atoms with Crippen molar-refractivity contribution in [1.29, 1.82) is 0 Å². The number of ether oxygens (including phenoxy) is 2. The summed E-state index contributed by atoms with van der Waals surface area (Å²) in [6, 6.07) is -0.719. The third kappa shape index (κ3) is 50.8. The van der Waals surface area contributed by atoms with E-state index in [-0.39, 0.29) is 12.5 Å². The van der Waals surface area contributed by atoms with Gasteiger partial charge in [-0.3, -0.25) is 4.79 Å². The van der Waals surface area contributed by atoms with Gasteiger partial charge in [-0.1, -0.05) is 353 Å². The normalized spacial score (nSPS) is 18.4. The molecule has 1 fully saturated rings. The van der Waals surface area contributed by atoms with Gasteiger partial charge in [0.25, 0.3) is 0 Å². The lowest BCUT2D eigenvalue weighted by Gasteiger charge is -2.40. The van der Waals surface area contributed by atoms with Crippen molar-refractivity contribution in [2.45, 2.75) is 423 Å². The average molecular weight is 1160 g/mol. The van der Waals surface area contributed by atoms with E-state index in [1.165, 1.54) is 308 Å². The minimum absolute atomic E-state index is 0.133. The quantitative estimate of drug-likeness (QED) is 0.0261. The number of carbonyl (C=O) groups is 1. The Kier molecular flexibility index (Phi) is 60.2. The number of hydrogen-bond donors (Lipinski definition) is 6. The van der Waals surface area contributed by atoms with Gasteiger partial charge in [-0.2, -0.15) is 0 Å². The monoisotopic (exact) mass is 1160 g/mol. The largest absolute Gasteiger partial charge is 0.394 e. The van der Waals surface area contributed by atoms with Crippen molar-refractivity contribution in [3.63, 3.8) is 0 Å². The molecule has 0 aliphatic carbocycles. The van der Waals surface area contributed by atoms with Crippen molar-refractivity contribution in [3.05, 3.63) is 24.3 Å². The van der Waals surface area contributed by atoms with Crippen molar-refractivity contribution in [2.75, 3.05) is 13.2 Å². The Hall–Kier alpha value is -1.33. The molecule has 1 aliphatic heterocycles. The van der Waals surface area contributed by atoms with Crippen molar-refractivity contribution in [2.24, 2.45) is 0 Å². The predicted molar refractivity (Wildman–Crippen MR) is 350 cm³/mol. The molecule has 9 heteroatoms. The first-order chi connectivity index (χ1) is 40.3. The van der Waals surface area contributed by atoms with Crippen LogP contribution in [-0.2, 0) is 14.3 Å². The van der Waals surface area contributed by atoms with E-state index < -0.39 is 49.5 Å². The van der Waals surface area contributed by atoms with E-state index in [2.05, 4.69) is 43.5 Å². The first-order valence-corrected chi connectivity index (χ1v) is 36.5. The van der Waals surface area contributed by atoms with Crippen LogP contribution in [-0.4, -0.2) is 87.5 Å². The lowest BCUT2D eigenvalue weighted by atomic mass is 9.99. The standard InChI is InChI=1S/C73H141NO8/c1-3-5-7-9-11-13-15-17-19-21-23-25-27-29-31-33-35-36-38-40-42-44-46-48-50-52-54-56-58-60-62-67(76)66(65-81-73-72(80)71(79)70(78)68(64-75)82-73)74-69(77)63-61-59-57-55-53-51-49-47-45-43-41-39-37-34-32-30-28-26-24-22-20-18-16-14-12-10-8-6-4-2/h16,18,22,24,66-68,70-73,75-76,78-80H,3-15,17,19-21,23,25-65H2,1-2H3,(H,74,77)/b18-16-,24-22-. The van der Waals surface area contributed by atoms with E-state index in [9.17, 15) is 30.3 Å². The number of nitrogens with one attached hydrogen (secondary N) is 1. The molecule has 1 rings (SSSR count). The molecule has 6 N–H and O–H groups in total. The van der Waals surface area contributed by atoms with Gasteiger partial charge in [-0.15, -0.1) is 0 Å². The maximum atomic E-state index is 13.2. The van der Waals surface area contributed by atoms with Crippen LogP contribution in [0.15, 0.2) is 24.3 Å². The van der Waals surface area contributed by atoms with E-state index in [0.29, 0.717) is 12.8 Å². The fourth-order valence-corrected chi connectivity index (χ4v) is 12.1. The number of aliphatic hydroxyl groups excluding tert-OH is 5. The molecule has 0 aromatic rings. The maximum absolute atomic E-state index is 13.2. The second-order valence-corrected chi connectivity index (χ2v) is 25.7. The molecule has 486 valence electrons. The Balaban J connectivity index is 2.09. The van der Waals surface area contributed by atoms with Gasteiger partial charge in [0, 0.05) is 6.42 Å². The third-order valence-corrected chi connectivity index (χ3v) is 17.8. The Morgan fingerprint density at radius 2 is 0.720 bits per heavy atom. The molecule has 0 saturated carbocycles. The Labute approximate surface area is 509 Å². The van der Waals surface area contributed by atoms with Crippen molar-refractivity contribution < 1.29 is 39.8 Å². The van der Waals surface area contributed by atoms with Gasteiger partial charge in [-0.25, -0.2) is 0 Å². The maximum Gasteiger partial charge on any atom is 0.220 e. The highest BCUT2D eigenvalue weighted by Gasteiger charge is 2.44. The Morgan fingerprint density at radius 1 is 0.415 bits per heavy atom. The topological polar surface area (TPSA) is 149 Å². The summed E-state index contributed by atoms with van der Waals surface area (Å²) in [5.74, 6) is -0.136.